The van der Waals surface area contributed by atoms with Gasteiger partial charge in [-0.3, -0.25) is 4.79 Å². The second-order valence-corrected chi connectivity index (χ2v) is 4.17. The van der Waals surface area contributed by atoms with Crippen molar-refractivity contribution < 1.29 is 25.5 Å². The van der Waals surface area contributed by atoms with E-state index in [1.807, 2.05) is 0 Å². The minimum Gasteiger partial charge on any atom is -0.464 e. The number of aliphatic hydroxyl groups is 1. The number of likely N-dealkylation sites (N-methyl/N-ethyl adjacent to an activating group) is 1. The maximum absolute atomic E-state index is 11.4. The lowest BCUT2D eigenvalue weighted by atomic mass is 10.0. The first-order valence-corrected chi connectivity index (χ1v) is 6.36. The molecule has 0 fully saturated rings. The van der Waals surface area contributed by atoms with Crippen LogP contribution in [0.25, 0.3) is 0 Å². The summed E-state index contributed by atoms with van der Waals surface area (Å²) in [5, 5.41) is 6.71. The predicted molar refractivity (Wildman–Crippen MR) is 76.1 cm³/mol. The summed E-state index contributed by atoms with van der Waals surface area (Å²) >= 11 is 0. The van der Waals surface area contributed by atoms with E-state index in [0.717, 1.165) is 19.3 Å². The molecular weight excluding hydrogens is 264 g/mol. The fourth-order valence-electron chi connectivity index (χ4n) is 1.34. The molecule has 0 aromatic carbocycles. The second kappa shape index (κ2) is 14.2. The number of aliphatic hydroxyl groups excluding tert-OH is 1. The number of esters is 1. The van der Waals surface area contributed by atoms with E-state index in [-0.39, 0.29) is 38.3 Å². The van der Waals surface area contributed by atoms with Crippen LogP contribution in [0.1, 0.15) is 28.0 Å². The highest BCUT2D eigenvalue weighted by molar-refractivity contribution is 5.77. The van der Waals surface area contributed by atoms with Crippen molar-refractivity contribution in [2.45, 2.75) is 26.7 Å². The molecule has 7 nitrogen and oxygen atoms in total. The molecular formula is C13H28N2O5. The molecule has 0 aromatic heterocycles. The average Bonchev–Trinajstić information content (AvgIpc) is 2.54. The SMILES string of the molecule is [2H]OCC(CCCCN)COC(=O)COCC(=O)NC.[3H]C. The van der Waals surface area contributed by atoms with Gasteiger partial charge in [-0.25, -0.2) is 4.79 Å². The topological polar surface area (TPSA) is 111 Å². The quantitative estimate of drug-likeness (QED) is 0.336. The molecule has 0 aliphatic carbocycles. The average molecular weight is 295 g/mol. The third kappa shape index (κ3) is 11.9. The number of rotatable bonds is 12. The number of carbonyl (C=O) groups excluding carboxylic acids is 2. The van der Waals surface area contributed by atoms with Gasteiger partial charge < -0.3 is 25.6 Å². The van der Waals surface area contributed by atoms with E-state index in [1.54, 1.807) is 0 Å². The maximum Gasteiger partial charge on any atom is 0.332 e. The molecule has 120 valence electrons. The van der Waals surface area contributed by atoms with Crippen LogP contribution in [-0.4, -0.2) is 58.4 Å². The normalized spacial score (nSPS) is 12.3. The third-order valence-corrected chi connectivity index (χ3v) is 2.51. The van der Waals surface area contributed by atoms with Crippen LogP contribution in [0.2, 0.25) is 0 Å². The summed E-state index contributed by atoms with van der Waals surface area (Å²) in [5.74, 6) is -0.871. The zero-order valence-corrected chi connectivity index (χ0v) is 12.4. The Morgan fingerprint density at radius 1 is 1.50 bits per heavy atom. The summed E-state index contributed by atoms with van der Waals surface area (Å²) in [6.45, 7) is 0.538. The van der Waals surface area contributed by atoms with Crippen molar-refractivity contribution in [2.24, 2.45) is 11.7 Å². The van der Waals surface area contributed by atoms with E-state index in [4.69, 9.17) is 18.0 Å². The zero-order chi connectivity index (χ0) is 17.2. The first-order valence-electron chi connectivity index (χ1n) is 7.77. The van der Waals surface area contributed by atoms with Crippen molar-refractivity contribution in [1.82, 2.24) is 5.32 Å². The molecule has 1 amide bonds. The summed E-state index contributed by atoms with van der Waals surface area (Å²) in [4.78, 5) is 22.2. The third-order valence-electron chi connectivity index (χ3n) is 2.51. The molecule has 0 heterocycles. The van der Waals surface area contributed by atoms with Crippen LogP contribution in [0, 0.1) is 5.92 Å². The summed E-state index contributed by atoms with van der Waals surface area (Å²) in [5.41, 5.74) is 5.40. The highest BCUT2D eigenvalue weighted by atomic mass is 16.6. The van der Waals surface area contributed by atoms with Gasteiger partial charge in [-0.15, -0.1) is 0 Å². The van der Waals surface area contributed by atoms with Gasteiger partial charge in [0.05, 0.1) is 6.61 Å². The lowest BCUT2D eigenvalue weighted by Gasteiger charge is -2.14. The largest absolute Gasteiger partial charge is 0.464 e. The molecule has 20 heavy (non-hydrogen) atoms. The Morgan fingerprint density at radius 2 is 2.25 bits per heavy atom. The Labute approximate surface area is 123 Å². The standard InChI is InChI=1S/C12H24N2O5.CH4/c1-14-11(16)8-18-9-12(17)19-7-10(6-15)4-2-3-5-13;/h10,15H,2-9,13H2,1H3,(H,14,16);1H4/i15D;1T. The van der Waals surface area contributed by atoms with Crippen molar-refractivity contribution in [3.8, 4) is 0 Å². The van der Waals surface area contributed by atoms with Crippen LogP contribution in [0.3, 0.4) is 0 Å². The number of nitrogens with one attached hydrogen (secondary N) is 1. The van der Waals surface area contributed by atoms with Crippen molar-refractivity contribution in [3.63, 3.8) is 0 Å². The molecule has 1 atom stereocenters. The van der Waals surface area contributed by atoms with E-state index in [1.165, 1.54) is 14.5 Å². The smallest absolute Gasteiger partial charge is 0.332 e. The monoisotopic (exact) mass is 295 g/mol. The summed E-state index contributed by atoms with van der Waals surface area (Å²) in [6.07, 6.45) is 2.56. The summed E-state index contributed by atoms with van der Waals surface area (Å²) in [6, 6.07) is 0. The van der Waals surface area contributed by atoms with E-state index in [0.29, 0.717) is 6.54 Å². The van der Waals surface area contributed by atoms with Crippen LogP contribution in [0.5, 0.6) is 0 Å². The number of nitrogens with two attached hydrogens (primary N) is 1. The Morgan fingerprint density at radius 3 is 2.85 bits per heavy atom. The van der Waals surface area contributed by atoms with Crippen molar-refractivity contribution in [1.29, 1.82) is 1.43 Å². The lowest BCUT2D eigenvalue weighted by molar-refractivity contribution is -0.151. The van der Waals surface area contributed by atoms with E-state index in [9.17, 15) is 9.59 Å². The molecule has 0 aromatic rings. The molecule has 4 N–H and O–H groups in total. The Bertz CT molecular complexity index is 283. The highest BCUT2D eigenvalue weighted by Crippen LogP contribution is 2.08. The van der Waals surface area contributed by atoms with Crippen LogP contribution < -0.4 is 11.1 Å². The maximum atomic E-state index is 11.4. The summed E-state index contributed by atoms with van der Waals surface area (Å²) in [7, 11) is 2.73. The highest BCUT2D eigenvalue weighted by Gasteiger charge is 2.11. The van der Waals surface area contributed by atoms with Gasteiger partial charge >= 0.3 is 5.97 Å². The van der Waals surface area contributed by atoms with Gasteiger partial charge in [-0.1, -0.05) is 13.8 Å². The minimum absolute atomic E-state index is 0.0260. The number of unbranched alkanes of at least 4 members (excludes halogenated alkanes) is 1. The van der Waals surface area contributed by atoms with Gasteiger partial charge in [0.15, 0.2) is 0 Å². The van der Waals surface area contributed by atoms with Crippen LogP contribution in [0.15, 0.2) is 0 Å². The molecule has 0 bridgehead atoms. The molecule has 0 spiro atoms. The molecule has 0 aliphatic rings. The first kappa shape index (κ1) is 16.9. The fourth-order valence-corrected chi connectivity index (χ4v) is 1.34. The van der Waals surface area contributed by atoms with Gasteiger partial charge in [0.2, 0.25) is 7.34 Å². The van der Waals surface area contributed by atoms with Gasteiger partial charge in [0, 0.05) is 20.9 Å². The molecule has 0 saturated carbocycles. The number of amides is 1. The number of ether oxygens (including phenoxy) is 2. The molecule has 7 heteroatoms. The number of hydrogen-bond acceptors (Lipinski definition) is 6. The van der Waals surface area contributed by atoms with E-state index < -0.39 is 5.97 Å². The van der Waals surface area contributed by atoms with Gasteiger partial charge in [-0.2, -0.15) is 0 Å². The van der Waals surface area contributed by atoms with Gasteiger partial charge in [0.25, 0.3) is 0 Å². The minimum atomic E-state index is -0.539. The number of carbonyl (C=O) groups is 2. The van der Waals surface area contributed by atoms with Crippen LogP contribution >= 0.6 is 0 Å². The Balaban J connectivity index is 0. The predicted octanol–water partition coefficient (Wildman–Crippen LogP) is -0.334. The van der Waals surface area contributed by atoms with Crippen LogP contribution in [0.4, 0.5) is 0 Å². The fraction of sp³-hybridized carbons (Fsp3) is 0.846. The van der Waals surface area contributed by atoms with Crippen molar-refractivity contribution in [2.75, 3.05) is 40.0 Å². The van der Waals surface area contributed by atoms with Crippen molar-refractivity contribution >= 4 is 11.9 Å². The first-order chi connectivity index (χ1) is 10.6. The zero-order valence-electron chi connectivity index (χ0n) is 14.4. The Hall–Kier alpha value is -1.18. The summed E-state index contributed by atoms with van der Waals surface area (Å²) < 4.78 is 22.4. The molecule has 0 saturated heterocycles. The van der Waals surface area contributed by atoms with Gasteiger partial charge in [-0.05, 0) is 19.4 Å². The molecule has 0 rings (SSSR count). The van der Waals surface area contributed by atoms with E-state index >= 15 is 0 Å². The number of hydrogen-bond donors (Lipinski definition) is 3. The van der Waals surface area contributed by atoms with E-state index in [2.05, 4.69) is 10.4 Å². The van der Waals surface area contributed by atoms with Crippen LogP contribution in [-0.2, 0) is 19.1 Å². The van der Waals surface area contributed by atoms with Crippen molar-refractivity contribution in [3.05, 3.63) is 0 Å². The second-order valence-electron chi connectivity index (χ2n) is 4.17. The molecule has 1 unspecified atom stereocenters. The van der Waals surface area contributed by atoms with Gasteiger partial charge in [0.1, 0.15) is 13.2 Å². The Kier molecular flexibility index (Phi) is 12.0. The molecule has 0 radical (unpaired) electrons. The molecule has 0 aliphatic heterocycles. The lowest BCUT2D eigenvalue weighted by Crippen LogP contribution is -2.26.